The number of hydrogen-bond acceptors (Lipinski definition) is 3. The van der Waals surface area contributed by atoms with Gasteiger partial charge in [0.2, 0.25) is 0 Å². The smallest absolute Gasteiger partial charge is 0.163 e. The summed E-state index contributed by atoms with van der Waals surface area (Å²) >= 11 is 6.13. The van der Waals surface area contributed by atoms with Gasteiger partial charge < -0.3 is 4.90 Å². The van der Waals surface area contributed by atoms with Crippen LogP contribution in [-0.2, 0) is 0 Å². The molecule has 4 heteroatoms. The highest BCUT2D eigenvalue weighted by atomic mass is 35.5. The topological polar surface area (TPSA) is 29.0 Å². The molecule has 0 spiro atoms. The van der Waals surface area contributed by atoms with Gasteiger partial charge in [0.15, 0.2) is 5.82 Å². The Morgan fingerprint density at radius 2 is 1.85 bits per heavy atom. The van der Waals surface area contributed by atoms with E-state index in [1.165, 1.54) is 0 Å². The standard InChI is InChI=1S/C16H20ClN3/c1-12(2)9-10-20(3)15-11-14(17)18-16(19-15)13-7-5-4-6-8-13/h4-8,11-12H,9-10H2,1-3H3. The Bertz CT molecular complexity index is 555. The van der Waals surface area contributed by atoms with Gasteiger partial charge in [0.05, 0.1) is 0 Å². The van der Waals surface area contributed by atoms with Crippen LogP contribution in [0.3, 0.4) is 0 Å². The van der Waals surface area contributed by atoms with E-state index in [0.29, 0.717) is 16.9 Å². The molecule has 106 valence electrons. The summed E-state index contributed by atoms with van der Waals surface area (Å²) in [6.45, 7) is 5.39. The lowest BCUT2D eigenvalue weighted by Gasteiger charge is -2.20. The fourth-order valence-corrected chi connectivity index (χ4v) is 2.06. The molecule has 0 N–H and O–H groups in total. The van der Waals surface area contributed by atoms with Gasteiger partial charge in [0, 0.05) is 25.2 Å². The van der Waals surface area contributed by atoms with Gasteiger partial charge in [-0.3, -0.25) is 0 Å². The molecule has 0 fully saturated rings. The van der Waals surface area contributed by atoms with Crippen LogP contribution in [0.15, 0.2) is 36.4 Å². The van der Waals surface area contributed by atoms with E-state index < -0.39 is 0 Å². The Hall–Kier alpha value is -1.61. The first-order valence-corrected chi connectivity index (χ1v) is 7.25. The molecule has 0 atom stereocenters. The third-order valence-electron chi connectivity index (χ3n) is 3.15. The molecule has 0 bridgehead atoms. The van der Waals surface area contributed by atoms with Crippen molar-refractivity contribution in [1.82, 2.24) is 9.97 Å². The third kappa shape index (κ3) is 3.94. The Balaban J connectivity index is 2.25. The van der Waals surface area contributed by atoms with Crippen molar-refractivity contribution >= 4 is 17.4 Å². The highest BCUT2D eigenvalue weighted by Crippen LogP contribution is 2.22. The number of rotatable bonds is 5. The van der Waals surface area contributed by atoms with Gasteiger partial charge in [-0.15, -0.1) is 0 Å². The molecule has 0 aliphatic heterocycles. The van der Waals surface area contributed by atoms with E-state index in [0.717, 1.165) is 24.3 Å². The van der Waals surface area contributed by atoms with Gasteiger partial charge in [0.25, 0.3) is 0 Å². The lowest BCUT2D eigenvalue weighted by molar-refractivity contribution is 0.583. The van der Waals surface area contributed by atoms with E-state index >= 15 is 0 Å². The van der Waals surface area contributed by atoms with Crippen LogP contribution in [0, 0.1) is 5.92 Å². The normalized spacial score (nSPS) is 10.8. The second-order valence-corrected chi connectivity index (χ2v) is 5.73. The fraction of sp³-hybridized carbons (Fsp3) is 0.375. The zero-order valence-corrected chi connectivity index (χ0v) is 12.9. The molecule has 0 amide bonds. The van der Waals surface area contributed by atoms with Crippen molar-refractivity contribution in [2.45, 2.75) is 20.3 Å². The van der Waals surface area contributed by atoms with E-state index in [9.17, 15) is 0 Å². The molecule has 1 aromatic carbocycles. The SMILES string of the molecule is CC(C)CCN(C)c1cc(Cl)nc(-c2ccccc2)n1. The zero-order chi connectivity index (χ0) is 14.5. The van der Waals surface area contributed by atoms with Crippen molar-refractivity contribution in [2.24, 2.45) is 5.92 Å². The van der Waals surface area contributed by atoms with Gasteiger partial charge in [-0.1, -0.05) is 55.8 Å². The molecule has 20 heavy (non-hydrogen) atoms. The van der Waals surface area contributed by atoms with Crippen molar-refractivity contribution in [2.75, 3.05) is 18.5 Å². The van der Waals surface area contributed by atoms with E-state index in [1.807, 2.05) is 43.4 Å². The van der Waals surface area contributed by atoms with E-state index in [1.54, 1.807) is 0 Å². The molecule has 2 aromatic rings. The molecule has 0 aliphatic carbocycles. The molecule has 3 nitrogen and oxygen atoms in total. The minimum absolute atomic E-state index is 0.477. The summed E-state index contributed by atoms with van der Waals surface area (Å²) in [4.78, 5) is 11.0. The molecule has 1 heterocycles. The number of anilines is 1. The first-order chi connectivity index (χ1) is 9.56. The van der Waals surface area contributed by atoms with Gasteiger partial charge in [-0.2, -0.15) is 0 Å². The predicted octanol–water partition coefficient (Wildman–Crippen LogP) is 4.28. The molecular formula is C16H20ClN3. The minimum Gasteiger partial charge on any atom is -0.360 e. The summed E-state index contributed by atoms with van der Waals surface area (Å²) in [5.41, 5.74) is 0.980. The summed E-state index contributed by atoms with van der Waals surface area (Å²) in [5.74, 6) is 2.21. The molecule has 0 unspecified atom stereocenters. The minimum atomic E-state index is 0.477. The van der Waals surface area contributed by atoms with E-state index in [2.05, 4.69) is 28.7 Å². The summed E-state index contributed by atoms with van der Waals surface area (Å²) < 4.78 is 0. The lowest BCUT2D eigenvalue weighted by Crippen LogP contribution is -2.21. The molecule has 2 rings (SSSR count). The van der Waals surface area contributed by atoms with Crippen LogP contribution in [0.1, 0.15) is 20.3 Å². The zero-order valence-electron chi connectivity index (χ0n) is 12.2. The second-order valence-electron chi connectivity index (χ2n) is 5.34. The van der Waals surface area contributed by atoms with Crippen LogP contribution in [0.2, 0.25) is 5.15 Å². The predicted molar refractivity (Wildman–Crippen MR) is 85.2 cm³/mol. The Morgan fingerprint density at radius 3 is 2.50 bits per heavy atom. The average molecular weight is 290 g/mol. The number of hydrogen-bond donors (Lipinski definition) is 0. The fourth-order valence-electron chi connectivity index (χ4n) is 1.88. The van der Waals surface area contributed by atoms with E-state index in [-0.39, 0.29) is 0 Å². The average Bonchev–Trinajstić information content (AvgIpc) is 2.45. The van der Waals surface area contributed by atoms with Crippen LogP contribution >= 0.6 is 11.6 Å². The summed E-state index contributed by atoms with van der Waals surface area (Å²) in [5, 5.41) is 0.477. The van der Waals surface area contributed by atoms with Crippen LogP contribution < -0.4 is 4.90 Å². The van der Waals surface area contributed by atoms with Gasteiger partial charge in [-0.05, 0) is 12.3 Å². The first kappa shape index (κ1) is 14.8. The Labute approximate surface area is 125 Å². The first-order valence-electron chi connectivity index (χ1n) is 6.87. The highest BCUT2D eigenvalue weighted by molar-refractivity contribution is 6.29. The molecule has 0 saturated heterocycles. The van der Waals surface area contributed by atoms with Crippen molar-refractivity contribution in [1.29, 1.82) is 0 Å². The number of benzene rings is 1. The number of halogens is 1. The van der Waals surface area contributed by atoms with Crippen molar-refractivity contribution in [3.05, 3.63) is 41.6 Å². The number of aromatic nitrogens is 2. The van der Waals surface area contributed by atoms with Gasteiger partial charge in [0.1, 0.15) is 11.0 Å². The molecule has 1 aromatic heterocycles. The monoisotopic (exact) mass is 289 g/mol. The van der Waals surface area contributed by atoms with Crippen LogP contribution in [0.25, 0.3) is 11.4 Å². The molecule has 0 aliphatic rings. The summed E-state index contributed by atoms with van der Waals surface area (Å²) in [6.07, 6.45) is 1.12. The van der Waals surface area contributed by atoms with Crippen LogP contribution in [-0.4, -0.2) is 23.6 Å². The van der Waals surface area contributed by atoms with Gasteiger partial charge in [-0.25, -0.2) is 9.97 Å². The van der Waals surface area contributed by atoms with Crippen molar-refractivity contribution in [3.63, 3.8) is 0 Å². The van der Waals surface area contributed by atoms with Crippen LogP contribution in [0.4, 0.5) is 5.82 Å². The maximum absolute atomic E-state index is 6.13. The maximum atomic E-state index is 6.13. The van der Waals surface area contributed by atoms with Gasteiger partial charge >= 0.3 is 0 Å². The van der Waals surface area contributed by atoms with Crippen molar-refractivity contribution < 1.29 is 0 Å². The Morgan fingerprint density at radius 1 is 1.15 bits per heavy atom. The maximum Gasteiger partial charge on any atom is 0.163 e. The molecule has 0 radical (unpaired) electrons. The number of nitrogens with zero attached hydrogens (tertiary/aromatic N) is 3. The largest absolute Gasteiger partial charge is 0.360 e. The Kier molecular flexibility index (Phi) is 4.96. The quantitative estimate of drug-likeness (QED) is 0.769. The molecular weight excluding hydrogens is 270 g/mol. The van der Waals surface area contributed by atoms with Crippen molar-refractivity contribution in [3.8, 4) is 11.4 Å². The van der Waals surface area contributed by atoms with E-state index in [4.69, 9.17) is 11.6 Å². The summed E-state index contributed by atoms with van der Waals surface area (Å²) in [7, 11) is 2.04. The third-order valence-corrected chi connectivity index (χ3v) is 3.34. The second kappa shape index (κ2) is 6.71. The lowest BCUT2D eigenvalue weighted by atomic mass is 10.1. The molecule has 0 saturated carbocycles. The van der Waals surface area contributed by atoms with Crippen LogP contribution in [0.5, 0.6) is 0 Å². The summed E-state index contributed by atoms with van der Waals surface area (Å²) in [6, 6.07) is 11.7. The highest BCUT2D eigenvalue weighted by Gasteiger charge is 2.09.